The smallest absolute Gasteiger partial charge is 0.256 e. The lowest BCUT2D eigenvalue weighted by Crippen LogP contribution is -1.97. The molecule has 3 heterocycles. The Balaban J connectivity index is 1.55. The first-order valence-corrected chi connectivity index (χ1v) is 8.52. The lowest BCUT2D eigenvalue weighted by atomic mass is 10.2. The van der Waals surface area contributed by atoms with Crippen molar-refractivity contribution >= 4 is 17.5 Å². The van der Waals surface area contributed by atoms with E-state index in [0.29, 0.717) is 11.5 Å². The highest BCUT2D eigenvalue weighted by atomic mass is 32.2. The number of benzene rings is 1. The first-order valence-electron chi connectivity index (χ1n) is 7.54. The van der Waals surface area contributed by atoms with Gasteiger partial charge in [-0.3, -0.25) is 4.40 Å². The Hall–Kier alpha value is -2.67. The average molecular weight is 337 g/mol. The van der Waals surface area contributed by atoms with Crippen LogP contribution in [0.1, 0.15) is 17.1 Å². The van der Waals surface area contributed by atoms with E-state index in [1.54, 1.807) is 11.8 Å². The molecule has 0 bridgehead atoms. The molecule has 3 aromatic heterocycles. The highest BCUT2D eigenvalue weighted by Gasteiger charge is 2.12. The van der Waals surface area contributed by atoms with Crippen LogP contribution in [0.3, 0.4) is 0 Å². The number of rotatable bonds is 4. The molecule has 24 heavy (non-hydrogen) atoms. The molecule has 0 fully saturated rings. The van der Waals surface area contributed by atoms with Crippen molar-refractivity contribution in [1.82, 2.24) is 24.7 Å². The zero-order valence-electron chi connectivity index (χ0n) is 13.3. The molecule has 7 heteroatoms. The molecule has 0 aliphatic carbocycles. The molecule has 4 rings (SSSR count). The van der Waals surface area contributed by atoms with Crippen molar-refractivity contribution in [2.24, 2.45) is 0 Å². The summed E-state index contributed by atoms with van der Waals surface area (Å²) in [5, 5.41) is 13.3. The predicted octanol–water partition coefficient (Wildman–Crippen LogP) is 3.69. The second kappa shape index (κ2) is 6.09. The van der Waals surface area contributed by atoms with E-state index in [2.05, 4.69) is 20.3 Å². The van der Waals surface area contributed by atoms with E-state index in [1.165, 1.54) is 0 Å². The standard InChI is InChI=1S/C17H15N5OS/c1-11-8-12(2)22-16(18-11)19-20-17(22)24-10-14-9-15(23-21-14)13-6-4-3-5-7-13/h3-9H,10H2,1-2H3. The second-order valence-corrected chi connectivity index (χ2v) is 6.44. The number of hydrogen-bond donors (Lipinski definition) is 0. The summed E-state index contributed by atoms with van der Waals surface area (Å²) in [5.74, 6) is 2.05. The fourth-order valence-electron chi connectivity index (χ4n) is 2.55. The van der Waals surface area contributed by atoms with Crippen molar-refractivity contribution < 1.29 is 4.52 Å². The summed E-state index contributed by atoms with van der Waals surface area (Å²) in [4.78, 5) is 4.40. The summed E-state index contributed by atoms with van der Waals surface area (Å²) in [7, 11) is 0. The molecule has 0 amide bonds. The van der Waals surface area contributed by atoms with Gasteiger partial charge in [0.15, 0.2) is 10.9 Å². The van der Waals surface area contributed by atoms with Crippen molar-refractivity contribution in [1.29, 1.82) is 0 Å². The van der Waals surface area contributed by atoms with Gasteiger partial charge in [-0.1, -0.05) is 47.3 Å². The lowest BCUT2D eigenvalue weighted by Gasteiger charge is -2.02. The van der Waals surface area contributed by atoms with E-state index in [-0.39, 0.29) is 0 Å². The molecule has 0 spiro atoms. The van der Waals surface area contributed by atoms with Crippen molar-refractivity contribution in [3.05, 3.63) is 59.5 Å². The van der Waals surface area contributed by atoms with E-state index in [4.69, 9.17) is 4.52 Å². The highest BCUT2D eigenvalue weighted by molar-refractivity contribution is 7.98. The second-order valence-electron chi connectivity index (χ2n) is 5.49. The maximum Gasteiger partial charge on any atom is 0.256 e. The van der Waals surface area contributed by atoms with Gasteiger partial charge in [-0.25, -0.2) is 4.98 Å². The zero-order chi connectivity index (χ0) is 16.5. The third-order valence-corrected chi connectivity index (χ3v) is 4.59. The van der Waals surface area contributed by atoms with Gasteiger partial charge in [0, 0.05) is 28.8 Å². The SMILES string of the molecule is Cc1cc(C)n2c(SCc3cc(-c4ccccc4)on3)nnc2n1. The summed E-state index contributed by atoms with van der Waals surface area (Å²) in [6.45, 7) is 3.98. The monoisotopic (exact) mass is 337 g/mol. The number of nitrogens with zero attached hydrogens (tertiary/aromatic N) is 5. The van der Waals surface area contributed by atoms with Crippen LogP contribution in [0.25, 0.3) is 17.1 Å². The molecule has 0 aliphatic rings. The highest BCUT2D eigenvalue weighted by Crippen LogP contribution is 2.25. The van der Waals surface area contributed by atoms with Crippen LogP contribution < -0.4 is 0 Å². The molecule has 0 N–H and O–H groups in total. The van der Waals surface area contributed by atoms with Crippen LogP contribution in [0.15, 0.2) is 52.1 Å². The van der Waals surface area contributed by atoms with E-state index in [9.17, 15) is 0 Å². The molecule has 1 aromatic carbocycles. The number of thioether (sulfide) groups is 1. The van der Waals surface area contributed by atoms with E-state index in [1.807, 2.05) is 60.7 Å². The van der Waals surface area contributed by atoms with Gasteiger partial charge in [-0.15, -0.1) is 10.2 Å². The maximum absolute atomic E-state index is 5.43. The van der Waals surface area contributed by atoms with Crippen molar-refractivity contribution in [3.63, 3.8) is 0 Å². The van der Waals surface area contributed by atoms with Gasteiger partial charge in [-0.2, -0.15) is 0 Å². The molecule has 4 aromatic rings. The maximum atomic E-state index is 5.43. The Labute approximate surface area is 142 Å². The zero-order valence-corrected chi connectivity index (χ0v) is 14.1. The van der Waals surface area contributed by atoms with Crippen LogP contribution in [0, 0.1) is 13.8 Å². The third kappa shape index (κ3) is 2.78. The fraction of sp³-hybridized carbons (Fsp3) is 0.176. The van der Waals surface area contributed by atoms with Crippen molar-refractivity contribution in [2.45, 2.75) is 24.8 Å². The molecule has 0 radical (unpaired) electrons. The fourth-order valence-corrected chi connectivity index (χ4v) is 3.42. The topological polar surface area (TPSA) is 69.1 Å². The quantitative estimate of drug-likeness (QED) is 0.529. The normalized spacial score (nSPS) is 11.2. The van der Waals surface area contributed by atoms with Crippen LogP contribution in [0.4, 0.5) is 0 Å². The Bertz CT molecular complexity index is 993. The number of fused-ring (bicyclic) bond motifs is 1. The van der Waals surface area contributed by atoms with Crippen LogP contribution >= 0.6 is 11.8 Å². The molecule has 120 valence electrons. The van der Waals surface area contributed by atoms with Crippen LogP contribution in [0.5, 0.6) is 0 Å². The van der Waals surface area contributed by atoms with Gasteiger partial charge in [0.05, 0.1) is 5.69 Å². The van der Waals surface area contributed by atoms with Gasteiger partial charge in [0.1, 0.15) is 0 Å². The Morgan fingerprint density at radius 3 is 2.75 bits per heavy atom. The van der Waals surface area contributed by atoms with Crippen molar-refractivity contribution in [2.75, 3.05) is 0 Å². The van der Waals surface area contributed by atoms with E-state index < -0.39 is 0 Å². The summed E-state index contributed by atoms with van der Waals surface area (Å²) >= 11 is 1.57. The first kappa shape index (κ1) is 14.9. The van der Waals surface area contributed by atoms with E-state index >= 15 is 0 Å². The minimum Gasteiger partial charge on any atom is -0.356 e. The first-order chi connectivity index (χ1) is 11.7. The number of hydrogen-bond acceptors (Lipinski definition) is 6. The minimum absolute atomic E-state index is 0.625. The number of aromatic nitrogens is 5. The molecular formula is C17H15N5OS. The average Bonchev–Trinajstić information content (AvgIpc) is 3.20. The van der Waals surface area contributed by atoms with Gasteiger partial charge in [-0.05, 0) is 19.9 Å². The summed E-state index contributed by atoms with van der Waals surface area (Å²) < 4.78 is 7.38. The molecule has 0 aliphatic heterocycles. The van der Waals surface area contributed by atoms with Gasteiger partial charge < -0.3 is 4.52 Å². The van der Waals surface area contributed by atoms with Crippen LogP contribution in [0.2, 0.25) is 0 Å². The Kier molecular flexibility index (Phi) is 3.78. The minimum atomic E-state index is 0.625. The van der Waals surface area contributed by atoms with E-state index in [0.717, 1.165) is 33.6 Å². The molecular weight excluding hydrogens is 322 g/mol. The predicted molar refractivity (Wildman–Crippen MR) is 91.8 cm³/mol. The van der Waals surface area contributed by atoms with Gasteiger partial charge in [0.25, 0.3) is 5.78 Å². The lowest BCUT2D eigenvalue weighted by molar-refractivity contribution is 0.426. The summed E-state index contributed by atoms with van der Waals surface area (Å²) in [5.41, 5.74) is 3.89. The molecule has 0 saturated carbocycles. The Morgan fingerprint density at radius 2 is 1.92 bits per heavy atom. The van der Waals surface area contributed by atoms with Crippen molar-refractivity contribution in [3.8, 4) is 11.3 Å². The summed E-state index contributed by atoms with van der Waals surface area (Å²) in [6.07, 6.45) is 0. The summed E-state index contributed by atoms with van der Waals surface area (Å²) in [6, 6.07) is 13.9. The molecule has 0 saturated heterocycles. The molecule has 0 atom stereocenters. The van der Waals surface area contributed by atoms with Gasteiger partial charge >= 0.3 is 0 Å². The van der Waals surface area contributed by atoms with Crippen LogP contribution in [-0.2, 0) is 5.75 Å². The third-order valence-electron chi connectivity index (χ3n) is 3.63. The molecule has 6 nitrogen and oxygen atoms in total. The largest absolute Gasteiger partial charge is 0.356 e. The number of aryl methyl sites for hydroxylation is 2. The Morgan fingerprint density at radius 1 is 1.08 bits per heavy atom. The molecule has 0 unspecified atom stereocenters. The van der Waals surface area contributed by atoms with Crippen LogP contribution in [-0.4, -0.2) is 24.7 Å². The van der Waals surface area contributed by atoms with Gasteiger partial charge in [0.2, 0.25) is 0 Å².